The second kappa shape index (κ2) is 12.0. The predicted octanol–water partition coefficient (Wildman–Crippen LogP) is 4.36. The van der Waals surface area contributed by atoms with E-state index in [2.05, 4.69) is 16.9 Å². The fraction of sp³-hybridized carbons (Fsp3) is 0.696. The van der Waals surface area contributed by atoms with Crippen LogP contribution in [-0.4, -0.2) is 50.7 Å². The number of aliphatic hydroxyl groups excluding tert-OH is 1. The normalized spacial score (nSPS) is 22.8. The van der Waals surface area contributed by atoms with Crippen molar-refractivity contribution in [3.8, 4) is 0 Å². The Bertz CT molecular complexity index is 924. The van der Waals surface area contributed by atoms with E-state index in [9.17, 15) is 9.90 Å². The lowest BCUT2D eigenvalue weighted by Gasteiger charge is -2.27. The molecule has 3 heterocycles. The number of esters is 1. The van der Waals surface area contributed by atoms with Gasteiger partial charge in [-0.1, -0.05) is 45.4 Å². The van der Waals surface area contributed by atoms with Crippen LogP contribution in [0.4, 0.5) is 5.82 Å². The van der Waals surface area contributed by atoms with Gasteiger partial charge < -0.3 is 29.6 Å². The molecule has 0 aromatic carbocycles. The highest BCUT2D eigenvalue weighted by Gasteiger charge is 2.45. The molecule has 3 rings (SSSR count). The standard InChI is InChI=1S/C23H35ClN4O5/c1-3-4-5-6-7-8-9-10-19(30)32-15-31-14-23(2)17(29)13-18(33-23)28-12-11-16-20(25)26-22(24)27-21(16)28/h11-12,17-18,29H,3-10,13-15H2,1-2H3,(H2,25,26,27)/t17-,18+,23+/m0/s1. The molecule has 0 saturated carbocycles. The second-order valence-corrected chi connectivity index (χ2v) is 9.17. The lowest BCUT2D eigenvalue weighted by Crippen LogP contribution is -2.41. The molecule has 1 saturated heterocycles. The van der Waals surface area contributed by atoms with Gasteiger partial charge in [-0.2, -0.15) is 4.98 Å². The molecule has 3 N–H and O–H groups in total. The smallest absolute Gasteiger partial charge is 0.307 e. The van der Waals surface area contributed by atoms with Gasteiger partial charge in [-0.05, 0) is 31.0 Å². The van der Waals surface area contributed by atoms with Gasteiger partial charge in [0.25, 0.3) is 0 Å². The summed E-state index contributed by atoms with van der Waals surface area (Å²) in [4.78, 5) is 20.1. The number of halogens is 1. The molecule has 1 aliphatic heterocycles. The van der Waals surface area contributed by atoms with Gasteiger partial charge in [-0.3, -0.25) is 4.79 Å². The highest BCUT2D eigenvalue weighted by Crippen LogP contribution is 2.38. The van der Waals surface area contributed by atoms with E-state index in [-0.39, 0.29) is 30.5 Å². The maximum absolute atomic E-state index is 11.9. The van der Waals surface area contributed by atoms with Crippen LogP contribution in [0.3, 0.4) is 0 Å². The summed E-state index contributed by atoms with van der Waals surface area (Å²) in [6.07, 6.45) is 9.26. The summed E-state index contributed by atoms with van der Waals surface area (Å²) in [5.74, 6) is 0.0131. The van der Waals surface area contributed by atoms with Crippen molar-refractivity contribution in [2.24, 2.45) is 0 Å². The maximum Gasteiger partial charge on any atom is 0.307 e. The number of nitrogens with zero attached hydrogens (tertiary/aromatic N) is 3. The number of nitrogen functional groups attached to an aromatic ring is 1. The fourth-order valence-corrected chi connectivity index (χ4v) is 4.26. The molecule has 184 valence electrons. The first-order valence-electron chi connectivity index (χ1n) is 11.7. The minimum Gasteiger partial charge on any atom is -0.438 e. The van der Waals surface area contributed by atoms with Gasteiger partial charge in [0, 0.05) is 19.0 Å². The Balaban J connectivity index is 1.41. The average Bonchev–Trinajstić information content (AvgIpc) is 3.32. The van der Waals surface area contributed by atoms with Crippen LogP contribution in [0, 0.1) is 0 Å². The van der Waals surface area contributed by atoms with Crippen molar-refractivity contribution in [2.45, 2.75) is 89.6 Å². The number of ether oxygens (including phenoxy) is 3. The third kappa shape index (κ3) is 6.79. The number of aromatic nitrogens is 3. The topological polar surface area (TPSA) is 122 Å². The first-order valence-corrected chi connectivity index (χ1v) is 12.1. The Morgan fingerprint density at radius 1 is 1.30 bits per heavy atom. The Morgan fingerprint density at radius 3 is 2.79 bits per heavy atom. The lowest BCUT2D eigenvalue weighted by molar-refractivity contribution is -0.173. The number of aliphatic hydroxyl groups is 1. The molecule has 1 fully saturated rings. The summed E-state index contributed by atoms with van der Waals surface area (Å²) in [7, 11) is 0. The molecule has 0 bridgehead atoms. The van der Waals surface area contributed by atoms with Crippen LogP contribution in [0.15, 0.2) is 12.3 Å². The summed E-state index contributed by atoms with van der Waals surface area (Å²) in [5, 5.41) is 11.3. The Morgan fingerprint density at radius 2 is 2.03 bits per heavy atom. The first-order chi connectivity index (χ1) is 15.8. The maximum atomic E-state index is 11.9. The van der Waals surface area contributed by atoms with E-state index in [0.29, 0.717) is 23.9 Å². The zero-order valence-electron chi connectivity index (χ0n) is 19.5. The predicted molar refractivity (Wildman–Crippen MR) is 126 cm³/mol. The molecule has 33 heavy (non-hydrogen) atoms. The van der Waals surface area contributed by atoms with Gasteiger partial charge in [-0.25, -0.2) is 4.98 Å². The van der Waals surface area contributed by atoms with Crippen LogP contribution in [0.25, 0.3) is 11.0 Å². The number of carbonyl (C=O) groups is 1. The molecule has 0 amide bonds. The summed E-state index contributed by atoms with van der Waals surface area (Å²) in [5.41, 5.74) is 5.49. The first kappa shape index (κ1) is 25.7. The Hall–Kier alpha value is -1.94. The molecule has 2 aromatic heterocycles. The Kier molecular flexibility index (Phi) is 9.31. The molecule has 1 aliphatic rings. The van der Waals surface area contributed by atoms with Gasteiger partial charge in [0.1, 0.15) is 23.3 Å². The zero-order chi connectivity index (χ0) is 23.8. The molecule has 9 nitrogen and oxygen atoms in total. The molecular weight excluding hydrogens is 448 g/mol. The van der Waals surface area contributed by atoms with E-state index >= 15 is 0 Å². The van der Waals surface area contributed by atoms with Crippen molar-refractivity contribution in [3.63, 3.8) is 0 Å². The number of unbranched alkanes of at least 4 members (excludes halogenated alkanes) is 6. The van der Waals surface area contributed by atoms with Gasteiger partial charge in [0.15, 0.2) is 6.79 Å². The van der Waals surface area contributed by atoms with Crippen molar-refractivity contribution in [3.05, 3.63) is 17.5 Å². The van der Waals surface area contributed by atoms with Gasteiger partial charge >= 0.3 is 5.97 Å². The largest absolute Gasteiger partial charge is 0.438 e. The van der Waals surface area contributed by atoms with Crippen molar-refractivity contribution in [1.82, 2.24) is 14.5 Å². The van der Waals surface area contributed by atoms with Crippen LogP contribution in [0.1, 0.15) is 77.9 Å². The van der Waals surface area contributed by atoms with E-state index in [1.807, 2.05) is 0 Å². The zero-order valence-corrected chi connectivity index (χ0v) is 20.2. The number of fused-ring (bicyclic) bond motifs is 1. The van der Waals surface area contributed by atoms with Crippen LogP contribution < -0.4 is 5.73 Å². The van der Waals surface area contributed by atoms with Crippen molar-refractivity contribution in [2.75, 3.05) is 19.1 Å². The molecule has 10 heteroatoms. The number of hydrogen-bond donors (Lipinski definition) is 2. The van der Waals surface area contributed by atoms with Crippen molar-refractivity contribution in [1.29, 1.82) is 0 Å². The van der Waals surface area contributed by atoms with Crippen molar-refractivity contribution >= 4 is 34.4 Å². The molecule has 2 aromatic rings. The number of hydrogen-bond acceptors (Lipinski definition) is 8. The fourth-order valence-electron chi connectivity index (χ4n) is 4.09. The third-order valence-electron chi connectivity index (χ3n) is 6.10. The van der Waals surface area contributed by atoms with E-state index in [1.165, 1.54) is 25.7 Å². The van der Waals surface area contributed by atoms with Crippen LogP contribution in [-0.2, 0) is 19.0 Å². The van der Waals surface area contributed by atoms with E-state index in [0.717, 1.165) is 19.3 Å². The van der Waals surface area contributed by atoms with Crippen LogP contribution in [0.2, 0.25) is 5.28 Å². The summed E-state index contributed by atoms with van der Waals surface area (Å²) in [6.45, 7) is 3.87. The molecule has 0 unspecified atom stereocenters. The van der Waals surface area contributed by atoms with Crippen molar-refractivity contribution < 1.29 is 24.1 Å². The number of rotatable bonds is 13. The van der Waals surface area contributed by atoms with E-state index < -0.39 is 17.9 Å². The monoisotopic (exact) mass is 482 g/mol. The molecular formula is C23H35ClN4O5. The van der Waals surface area contributed by atoms with Crippen LogP contribution >= 0.6 is 11.6 Å². The molecule has 0 spiro atoms. The van der Waals surface area contributed by atoms with E-state index in [1.54, 1.807) is 23.8 Å². The highest BCUT2D eigenvalue weighted by molar-refractivity contribution is 6.28. The third-order valence-corrected chi connectivity index (χ3v) is 6.26. The molecule has 0 aliphatic carbocycles. The van der Waals surface area contributed by atoms with Gasteiger partial charge in [-0.15, -0.1) is 0 Å². The minimum absolute atomic E-state index is 0.0444. The number of nitrogens with two attached hydrogens (primary N) is 1. The molecule has 0 radical (unpaired) electrons. The van der Waals surface area contributed by atoms with Crippen LogP contribution in [0.5, 0.6) is 0 Å². The summed E-state index contributed by atoms with van der Waals surface area (Å²) >= 11 is 5.95. The van der Waals surface area contributed by atoms with Gasteiger partial charge in [0.2, 0.25) is 5.28 Å². The summed E-state index contributed by atoms with van der Waals surface area (Å²) < 4.78 is 18.6. The number of carbonyl (C=O) groups excluding carboxylic acids is 1. The number of anilines is 1. The molecule has 3 atom stereocenters. The minimum atomic E-state index is -0.964. The second-order valence-electron chi connectivity index (χ2n) is 8.83. The summed E-state index contributed by atoms with van der Waals surface area (Å²) in [6, 6.07) is 1.79. The van der Waals surface area contributed by atoms with E-state index in [4.69, 9.17) is 31.5 Å². The van der Waals surface area contributed by atoms with Gasteiger partial charge in [0.05, 0.1) is 18.1 Å². The highest BCUT2D eigenvalue weighted by atomic mass is 35.5. The SMILES string of the molecule is CCCCCCCCCC(=O)OCOC[C@@]1(C)O[C@@H](n2ccc3c(N)nc(Cl)nc32)C[C@@H]1O. The Labute approximate surface area is 199 Å². The lowest BCUT2D eigenvalue weighted by atomic mass is 10.0. The quantitative estimate of drug-likeness (QED) is 0.187. The average molecular weight is 483 g/mol.